The van der Waals surface area contributed by atoms with Crippen LogP contribution in [0.5, 0.6) is 5.75 Å². The Hall–Kier alpha value is -2.82. The van der Waals surface area contributed by atoms with E-state index < -0.39 is 11.9 Å². The average Bonchev–Trinajstić information content (AvgIpc) is 2.40. The minimum Gasteiger partial charge on any atom is -0.508 e. The van der Waals surface area contributed by atoms with E-state index in [1.165, 1.54) is 12.1 Å². The number of hydrogen-bond donors (Lipinski definition) is 3. The summed E-state index contributed by atoms with van der Waals surface area (Å²) in [6, 6.07) is 9.46. The van der Waals surface area contributed by atoms with Crippen LogP contribution in [0.15, 0.2) is 36.4 Å². The highest BCUT2D eigenvalue weighted by atomic mass is 16.4. The zero-order valence-corrected chi connectivity index (χ0v) is 11.7. The molecule has 2 aromatic rings. The maximum atomic E-state index is 12.4. The maximum Gasteiger partial charge on any atom is 0.336 e. The summed E-state index contributed by atoms with van der Waals surface area (Å²) in [4.78, 5) is 23.8. The number of aromatic hydroxyl groups is 1. The Balaban J connectivity index is 2.44. The van der Waals surface area contributed by atoms with Crippen molar-refractivity contribution in [3.8, 4) is 5.75 Å². The van der Waals surface area contributed by atoms with Gasteiger partial charge in [0, 0.05) is 11.8 Å². The predicted octanol–water partition coefficient (Wildman–Crippen LogP) is 2.96. The first-order chi connectivity index (χ1) is 9.90. The third kappa shape index (κ3) is 3.02. The average molecular weight is 285 g/mol. The number of benzene rings is 2. The second-order valence-electron chi connectivity index (χ2n) is 4.76. The van der Waals surface area contributed by atoms with Crippen molar-refractivity contribution in [2.45, 2.75) is 13.8 Å². The van der Waals surface area contributed by atoms with Gasteiger partial charge in [-0.15, -0.1) is 0 Å². The van der Waals surface area contributed by atoms with Crippen molar-refractivity contribution in [3.63, 3.8) is 0 Å². The summed E-state index contributed by atoms with van der Waals surface area (Å²) >= 11 is 0. The number of phenolic OH excluding ortho intramolecular Hbond substituents is 1. The van der Waals surface area contributed by atoms with E-state index in [4.69, 9.17) is 0 Å². The molecule has 0 spiro atoms. The standard InChI is InChI=1S/C16H15NO4/c1-9-6-7-10(2)14(16(20)21)13(9)15(19)17-11-4-3-5-12(18)8-11/h3-8,18H,1-2H3,(H,17,19)(H,20,21). The number of hydrogen-bond acceptors (Lipinski definition) is 3. The minimum atomic E-state index is -1.14. The van der Waals surface area contributed by atoms with Gasteiger partial charge in [-0.05, 0) is 37.1 Å². The van der Waals surface area contributed by atoms with Crippen molar-refractivity contribution in [2.24, 2.45) is 0 Å². The smallest absolute Gasteiger partial charge is 0.336 e. The highest BCUT2D eigenvalue weighted by molar-refractivity contribution is 6.12. The van der Waals surface area contributed by atoms with Crippen LogP contribution in [-0.2, 0) is 0 Å². The summed E-state index contributed by atoms with van der Waals surface area (Å²) in [5.41, 5.74) is 1.63. The lowest BCUT2D eigenvalue weighted by molar-refractivity contribution is 0.0691. The summed E-state index contributed by atoms with van der Waals surface area (Å²) in [6.07, 6.45) is 0. The lowest BCUT2D eigenvalue weighted by atomic mass is 9.96. The van der Waals surface area contributed by atoms with Gasteiger partial charge < -0.3 is 15.5 Å². The number of aromatic carboxylic acids is 1. The molecule has 0 aliphatic rings. The van der Waals surface area contributed by atoms with Crippen molar-refractivity contribution < 1.29 is 19.8 Å². The van der Waals surface area contributed by atoms with E-state index in [0.717, 1.165) is 0 Å². The van der Waals surface area contributed by atoms with E-state index in [0.29, 0.717) is 16.8 Å². The molecule has 21 heavy (non-hydrogen) atoms. The van der Waals surface area contributed by atoms with E-state index in [2.05, 4.69) is 5.32 Å². The van der Waals surface area contributed by atoms with Crippen LogP contribution in [0.3, 0.4) is 0 Å². The van der Waals surface area contributed by atoms with E-state index in [1.807, 2.05) is 0 Å². The quantitative estimate of drug-likeness (QED) is 0.809. The second-order valence-corrected chi connectivity index (χ2v) is 4.76. The fourth-order valence-corrected chi connectivity index (χ4v) is 2.16. The molecule has 0 unspecified atom stereocenters. The van der Waals surface area contributed by atoms with Crippen LogP contribution in [0.2, 0.25) is 0 Å². The van der Waals surface area contributed by atoms with Gasteiger partial charge in [0.15, 0.2) is 0 Å². The molecule has 5 heteroatoms. The summed E-state index contributed by atoms with van der Waals surface area (Å²) in [7, 11) is 0. The number of carboxylic acid groups (broad SMARTS) is 1. The molecule has 108 valence electrons. The van der Waals surface area contributed by atoms with Gasteiger partial charge in [-0.3, -0.25) is 4.79 Å². The molecule has 0 fully saturated rings. The molecule has 0 heterocycles. The SMILES string of the molecule is Cc1ccc(C)c(C(=O)Nc2cccc(O)c2)c1C(=O)O. The first-order valence-electron chi connectivity index (χ1n) is 6.34. The van der Waals surface area contributed by atoms with Gasteiger partial charge in [-0.2, -0.15) is 0 Å². The molecule has 0 saturated heterocycles. The lowest BCUT2D eigenvalue weighted by Gasteiger charge is -2.12. The highest BCUT2D eigenvalue weighted by Gasteiger charge is 2.21. The number of carboxylic acids is 1. The summed E-state index contributed by atoms with van der Waals surface area (Å²) in [5, 5.41) is 21.3. The molecule has 2 aromatic carbocycles. The Labute approximate surface area is 121 Å². The van der Waals surface area contributed by atoms with Crippen LogP contribution in [-0.4, -0.2) is 22.1 Å². The predicted molar refractivity (Wildman–Crippen MR) is 78.9 cm³/mol. The Kier molecular flexibility index (Phi) is 3.93. The molecule has 3 N–H and O–H groups in total. The fourth-order valence-electron chi connectivity index (χ4n) is 2.16. The van der Waals surface area contributed by atoms with Gasteiger partial charge in [0.1, 0.15) is 5.75 Å². The number of rotatable bonds is 3. The highest BCUT2D eigenvalue weighted by Crippen LogP contribution is 2.22. The number of phenols is 1. The zero-order chi connectivity index (χ0) is 15.6. The molecule has 0 aliphatic heterocycles. The molecule has 2 rings (SSSR count). The Morgan fingerprint density at radius 3 is 2.19 bits per heavy atom. The molecule has 0 radical (unpaired) electrons. The molecule has 5 nitrogen and oxygen atoms in total. The van der Waals surface area contributed by atoms with Crippen LogP contribution in [0.25, 0.3) is 0 Å². The van der Waals surface area contributed by atoms with Gasteiger partial charge >= 0.3 is 5.97 Å². The number of carbonyl (C=O) groups is 2. The third-order valence-electron chi connectivity index (χ3n) is 3.17. The van der Waals surface area contributed by atoms with Gasteiger partial charge in [0.05, 0.1) is 11.1 Å². The van der Waals surface area contributed by atoms with Gasteiger partial charge in [-0.1, -0.05) is 18.2 Å². The molecule has 0 atom stereocenters. The monoisotopic (exact) mass is 285 g/mol. The van der Waals surface area contributed by atoms with E-state index in [1.54, 1.807) is 38.1 Å². The van der Waals surface area contributed by atoms with Crippen molar-refractivity contribution >= 4 is 17.6 Å². The third-order valence-corrected chi connectivity index (χ3v) is 3.17. The van der Waals surface area contributed by atoms with Crippen molar-refractivity contribution in [1.29, 1.82) is 0 Å². The fraction of sp³-hybridized carbons (Fsp3) is 0.125. The maximum absolute atomic E-state index is 12.4. The molecule has 0 aromatic heterocycles. The van der Waals surface area contributed by atoms with Crippen molar-refractivity contribution in [2.75, 3.05) is 5.32 Å². The van der Waals surface area contributed by atoms with Crippen LogP contribution in [0.1, 0.15) is 31.8 Å². The molecular weight excluding hydrogens is 270 g/mol. The number of anilines is 1. The first kappa shape index (κ1) is 14.6. The molecule has 0 bridgehead atoms. The van der Waals surface area contributed by atoms with Gasteiger partial charge in [0.25, 0.3) is 5.91 Å². The van der Waals surface area contributed by atoms with Crippen LogP contribution < -0.4 is 5.32 Å². The lowest BCUT2D eigenvalue weighted by Crippen LogP contribution is -2.19. The summed E-state index contributed by atoms with van der Waals surface area (Å²) < 4.78 is 0. The van der Waals surface area contributed by atoms with Crippen molar-refractivity contribution in [1.82, 2.24) is 0 Å². The van der Waals surface area contributed by atoms with Gasteiger partial charge in [0.2, 0.25) is 0 Å². The number of nitrogens with one attached hydrogen (secondary N) is 1. The number of amides is 1. The number of carbonyl (C=O) groups excluding carboxylic acids is 1. The van der Waals surface area contributed by atoms with Crippen LogP contribution in [0, 0.1) is 13.8 Å². The summed E-state index contributed by atoms with van der Waals surface area (Å²) in [6.45, 7) is 3.33. The van der Waals surface area contributed by atoms with E-state index >= 15 is 0 Å². The molecular formula is C16H15NO4. The van der Waals surface area contributed by atoms with Crippen molar-refractivity contribution in [3.05, 3.63) is 58.7 Å². The largest absolute Gasteiger partial charge is 0.508 e. The second kappa shape index (κ2) is 5.66. The Morgan fingerprint density at radius 2 is 1.62 bits per heavy atom. The number of aryl methyl sites for hydroxylation is 2. The molecule has 0 aliphatic carbocycles. The van der Waals surface area contributed by atoms with E-state index in [9.17, 15) is 19.8 Å². The zero-order valence-electron chi connectivity index (χ0n) is 11.7. The Bertz CT molecular complexity index is 722. The normalized spacial score (nSPS) is 10.2. The minimum absolute atomic E-state index is 0.00680. The summed E-state index contributed by atoms with van der Waals surface area (Å²) in [5.74, 6) is -1.64. The molecule has 0 saturated carbocycles. The van der Waals surface area contributed by atoms with Crippen LogP contribution in [0.4, 0.5) is 5.69 Å². The Morgan fingerprint density at radius 1 is 1.00 bits per heavy atom. The topological polar surface area (TPSA) is 86.6 Å². The first-order valence-corrected chi connectivity index (χ1v) is 6.34. The van der Waals surface area contributed by atoms with Crippen LogP contribution >= 0.6 is 0 Å². The van der Waals surface area contributed by atoms with E-state index in [-0.39, 0.29) is 16.9 Å². The van der Waals surface area contributed by atoms with Gasteiger partial charge in [-0.25, -0.2) is 4.79 Å². The molecule has 1 amide bonds.